The van der Waals surface area contributed by atoms with E-state index in [4.69, 9.17) is 0 Å². The molecule has 0 radical (unpaired) electrons. The molecule has 1 aromatic rings. The lowest BCUT2D eigenvalue weighted by Crippen LogP contribution is -2.44. The van der Waals surface area contributed by atoms with Crippen LogP contribution >= 0.6 is 11.8 Å². The van der Waals surface area contributed by atoms with Crippen LogP contribution in [0.1, 0.15) is 70.6 Å². The van der Waals surface area contributed by atoms with Crippen LogP contribution in [-0.2, 0) is 0 Å². The summed E-state index contributed by atoms with van der Waals surface area (Å²) in [5.74, 6) is 2.19. The first-order valence-electron chi connectivity index (χ1n) is 11.5. The largest absolute Gasteiger partial charge is 0.315 e. The van der Waals surface area contributed by atoms with Gasteiger partial charge in [-0.05, 0) is 62.5 Å². The normalized spacial score (nSPS) is 19.6. The van der Waals surface area contributed by atoms with Crippen LogP contribution in [0.15, 0.2) is 35.2 Å². The third kappa shape index (κ3) is 8.17. The smallest absolute Gasteiger partial charge is 0.0110 e. The predicted octanol–water partition coefficient (Wildman–Crippen LogP) is 5.97. The SMILES string of the molecule is c1ccc(SCCCNCCN(CC2CCCCC2)C2CCCCC2)cc1. The zero-order chi connectivity index (χ0) is 18.6. The second-order valence-corrected chi connectivity index (χ2v) is 9.72. The molecule has 3 heteroatoms. The van der Waals surface area contributed by atoms with Gasteiger partial charge in [0.15, 0.2) is 0 Å². The monoisotopic (exact) mass is 388 g/mol. The van der Waals surface area contributed by atoms with Gasteiger partial charge in [-0.1, -0.05) is 56.7 Å². The Morgan fingerprint density at radius 3 is 2.30 bits per heavy atom. The molecule has 0 aliphatic heterocycles. The van der Waals surface area contributed by atoms with E-state index in [1.807, 2.05) is 11.8 Å². The summed E-state index contributed by atoms with van der Waals surface area (Å²) in [6.07, 6.45) is 15.9. The van der Waals surface area contributed by atoms with Crippen LogP contribution in [0.2, 0.25) is 0 Å². The highest BCUT2D eigenvalue weighted by Gasteiger charge is 2.24. The van der Waals surface area contributed by atoms with Gasteiger partial charge in [-0.2, -0.15) is 0 Å². The zero-order valence-corrected chi connectivity index (χ0v) is 18.0. The standard InChI is InChI=1S/C24H40N2S/c1-4-11-22(12-5-1)21-26(23-13-6-2-7-14-23)19-18-25-17-10-20-27-24-15-8-3-9-16-24/h3,8-9,15-16,22-23,25H,1-2,4-7,10-14,17-21H2. The van der Waals surface area contributed by atoms with E-state index in [9.17, 15) is 0 Å². The Morgan fingerprint density at radius 1 is 0.852 bits per heavy atom. The van der Waals surface area contributed by atoms with Crippen LogP contribution in [0.25, 0.3) is 0 Å². The fourth-order valence-corrected chi connectivity index (χ4v) is 5.70. The van der Waals surface area contributed by atoms with Crippen molar-refractivity contribution >= 4 is 11.8 Å². The van der Waals surface area contributed by atoms with E-state index < -0.39 is 0 Å². The number of nitrogens with zero attached hydrogens (tertiary/aromatic N) is 1. The second kappa shape index (κ2) is 12.9. The minimum atomic E-state index is 0.871. The van der Waals surface area contributed by atoms with Gasteiger partial charge in [-0.15, -0.1) is 11.8 Å². The maximum absolute atomic E-state index is 3.72. The molecule has 0 amide bonds. The molecule has 2 nitrogen and oxygen atoms in total. The van der Waals surface area contributed by atoms with Gasteiger partial charge < -0.3 is 5.32 Å². The van der Waals surface area contributed by atoms with Crippen molar-refractivity contribution in [2.75, 3.05) is 31.9 Å². The van der Waals surface area contributed by atoms with Crippen LogP contribution in [0.4, 0.5) is 0 Å². The molecule has 0 aromatic heterocycles. The molecule has 3 rings (SSSR count). The van der Waals surface area contributed by atoms with Gasteiger partial charge in [0, 0.05) is 30.6 Å². The lowest BCUT2D eigenvalue weighted by Gasteiger charge is -2.37. The average molecular weight is 389 g/mol. The lowest BCUT2D eigenvalue weighted by atomic mass is 9.87. The van der Waals surface area contributed by atoms with Gasteiger partial charge >= 0.3 is 0 Å². The molecule has 0 unspecified atom stereocenters. The molecule has 27 heavy (non-hydrogen) atoms. The van der Waals surface area contributed by atoms with Crippen molar-refractivity contribution in [3.8, 4) is 0 Å². The molecule has 0 atom stereocenters. The molecule has 2 aliphatic carbocycles. The van der Waals surface area contributed by atoms with Crippen LogP contribution in [0.3, 0.4) is 0 Å². The molecule has 1 N–H and O–H groups in total. The first-order valence-corrected chi connectivity index (χ1v) is 12.5. The summed E-state index contributed by atoms with van der Waals surface area (Å²) >= 11 is 1.98. The summed E-state index contributed by atoms with van der Waals surface area (Å²) in [6.45, 7) is 4.95. The minimum absolute atomic E-state index is 0.871. The quantitative estimate of drug-likeness (QED) is 0.371. The van der Waals surface area contributed by atoms with E-state index in [0.717, 1.165) is 18.5 Å². The maximum Gasteiger partial charge on any atom is 0.0110 e. The second-order valence-electron chi connectivity index (χ2n) is 8.56. The molecule has 2 aliphatic rings. The minimum Gasteiger partial charge on any atom is -0.315 e. The molecule has 0 bridgehead atoms. The zero-order valence-electron chi connectivity index (χ0n) is 17.2. The van der Waals surface area contributed by atoms with Crippen molar-refractivity contribution in [1.29, 1.82) is 0 Å². The highest BCUT2D eigenvalue weighted by molar-refractivity contribution is 7.99. The number of rotatable bonds is 11. The Balaban J connectivity index is 1.31. The molecule has 2 saturated carbocycles. The van der Waals surface area contributed by atoms with Gasteiger partial charge in [0.05, 0.1) is 0 Å². The van der Waals surface area contributed by atoms with Gasteiger partial charge in [0.25, 0.3) is 0 Å². The van der Waals surface area contributed by atoms with Gasteiger partial charge in [-0.3, -0.25) is 4.90 Å². The fraction of sp³-hybridized carbons (Fsp3) is 0.750. The van der Waals surface area contributed by atoms with Gasteiger partial charge in [0.2, 0.25) is 0 Å². The Bertz CT molecular complexity index is 480. The number of benzene rings is 1. The number of hydrogen-bond donors (Lipinski definition) is 1. The molecular formula is C24H40N2S. The van der Waals surface area contributed by atoms with Crippen LogP contribution in [0, 0.1) is 5.92 Å². The molecule has 0 saturated heterocycles. The van der Waals surface area contributed by atoms with E-state index >= 15 is 0 Å². The third-order valence-corrected chi connectivity index (χ3v) is 7.49. The van der Waals surface area contributed by atoms with Crippen molar-refractivity contribution in [3.63, 3.8) is 0 Å². The van der Waals surface area contributed by atoms with Crippen molar-refractivity contribution in [2.45, 2.75) is 81.6 Å². The van der Waals surface area contributed by atoms with Gasteiger partial charge in [-0.25, -0.2) is 0 Å². The van der Waals surface area contributed by atoms with Gasteiger partial charge in [0.1, 0.15) is 0 Å². The average Bonchev–Trinajstić information content (AvgIpc) is 2.74. The molecule has 152 valence electrons. The number of hydrogen-bond acceptors (Lipinski definition) is 3. The Labute approximate surface area is 171 Å². The number of thioether (sulfide) groups is 1. The van der Waals surface area contributed by atoms with Crippen LogP contribution in [-0.4, -0.2) is 42.9 Å². The first kappa shape index (κ1) is 21.2. The Morgan fingerprint density at radius 2 is 1.56 bits per heavy atom. The molecular weight excluding hydrogens is 348 g/mol. The lowest BCUT2D eigenvalue weighted by molar-refractivity contribution is 0.121. The van der Waals surface area contributed by atoms with Crippen LogP contribution < -0.4 is 5.32 Å². The van der Waals surface area contributed by atoms with E-state index in [1.165, 1.54) is 101 Å². The Kier molecular flexibility index (Phi) is 10.1. The molecule has 1 aromatic carbocycles. The molecule has 2 fully saturated rings. The highest BCUT2D eigenvalue weighted by atomic mass is 32.2. The third-order valence-electron chi connectivity index (χ3n) is 6.39. The first-order chi connectivity index (χ1) is 13.4. The summed E-state index contributed by atoms with van der Waals surface area (Å²) < 4.78 is 0. The summed E-state index contributed by atoms with van der Waals surface area (Å²) in [6, 6.07) is 11.7. The molecule has 0 spiro atoms. The summed E-state index contributed by atoms with van der Waals surface area (Å²) in [7, 11) is 0. The summed E-state index contributed by atoms with van der Waals surface area (Å²) in [5, 5.41) is 3.72. The van der Waals surface area contributed by atoms with E-state index in [-0.39, 0.29) is 0 Å². The van der Waals surface area contributed by atoms with Crippen molar-refractivity contribution in [1.82, 2.24) is 10.2 Å². The van der Waals surface area contributed by atoms with E-state index in [2.05, 4.69) is 40.5 Å². The summed E-state index contributed by atoms with van der Waals surface area (Å²) in [5.41, 5.74) is 0. The summed E-state index contributed by atoms with van der Waals surface area (Å²) in [4.78, 5) is 4.27. The maximum atomic E-state index is 3.72. The van der Waals surface area contributed by atoms with Crippen molar-refractivity contribution < 1.29 is 0 Å². The van der Waals surface area contributed by atoms with Crippen molar-refractivity contribution in [2.24, 2.45) is 5.92 Å². The topological polar surface area (TPSA) is 15.3 Å². The van der Waals surface area contributed by atoms with Crippen molar-refractivity contribution in [3.05, 3.63) is 30.3 Å². The Hall–Kier alpha value is -0.510. The highest BCUT2D eigenvalue weighted by Crippen LogP contribution is 2.28. The fourth-order valence-electron chi connectivity index (χ4n) is 4.82. The predicted molar refractivity (Wildman–Crippen MR) is 120 cm³/mol. The molecule has 0 heterocycles. The van der Waals surface area contributed by atoms with Crippen LogP contribution in [0.5, 0.6) is 0 Å². The van der Waals surface area contributed by atoms with E-state index in [1.54, 1.807) is 0 Å². The van der Waals surface area contributed by atoms with E-state index in [0.29, 0.717) is 0 Å². The number of nitrogens with one attached hydrogen (secondary N) is 1.